The van der Waals surface area contributed by atoms with Gasteiger partial charge in [0.25, 0.3) is 0 Å². The van der Waals surface area contributed by atoms with E-state index in [1.54, 1.807) is 7.05 Å². The van der Waals surface area contributed by atoms with Crippen LogP contribution in [0.2, 0.25) is 0 Å². The zero-order chi connectivity index (χ0) is 29.3. The molecule has 37 heavy (non-hydrogen) atoms. The predicted octanol–water partition coefficient (Wildman–Crippen LogP) is 9.90. The second-order valence-electron chi connectivity index (χ2n) is 10.5. The molecule has 0 radical (unpaired) electrons. The van der Waals surface area contributed by atoms with E-state index in [-0.39, 0.29) is 6.09 Å². The first-order chi connectivity index (χ1) is 16.8. The summed E-state index contributed by atoms with van der Waals surface area (Å²) in [5, 5.41) is 2.73. The Labute approximate surface area is 253 Å². The summed E-state index contributed by atoms with van der Waals surface area (Å²) in [5.41, 5.74) is 4.97. The number of amides is 2. The first-order valence-corrected chi connectivity index (χ1v) is 15.4. The van der Waals surface area contributed by atoms with Gasteiger partial charge in [-0.1, -0.05) is 54.5 Å². The standard InChI is InChI=1S/C14H20BrNO2.C13H18BrNO2.CH3I/c1-9-7-11(8-10(2)12(9)15)16(6)13(17)18-14(3,4)5;1-8-6-10(7-9(2)11(8)14)15-12(16)17-13(3,4)5;1-2/h7-8H,1-6H3;6-7H,1-5H3,(H,15,16);1H3. The van der Waals surface area contributed by atoms with Gasteiger partial charge in [0, 0.05) is 27.4 Å². The molecular weight excluding hydrogens is 715 g/mol. The first kappa shape index (κ1) is 35.7. The Morgan fingerprint density at radius 2 is 1.11 bits per heavy atom. The number of ether oxygens (including phenoxy) is 2. The third-order valence-corrected chi connectivity index (χ3v) is 7.06. The summed E-state index contributed by atoms with van der Waals surface area (Å²) >= 11 is 9.15. The average Bonchev–Trinajstić information content (AvgIpc) is 2.74. The van der Waals surface area contributed by atoms with Crippen LogP contribution in [0, 0.1) is 27.7 Å². The summed E-state index contributed by atoms with van der Waals surface area (Å²) in [5.74, 6) is 0. The summed E-state index contributed by atoms with van der Waals surface area (Å²) in [6.45, 7) is 19.1. The van der Waals surface area contributed by atoms with Crippen LogP contribution in [-0.4, -0.2) is 35.4 Å². The SMILES string of the molecule is CI.Cc1cc(N(C)C(=O)OC(C)(C)C)cc(C)c1Br.Cc1cc(NC(=O)OC(C)(C)C)cc(C)c1Br. The molecule has 6 nitrogen and oxygen atoms in total. The van der Waals surface area contributed by atoms with Crippen LogP contribution in [0.5, 0.6) is 0 Å². The van der Waals surface area contributed by atoms with Crippen molar-refractivity contribution in [2.24, 2.45) is 0 Å². The van der Waals surface area contributed by atoms with Crippen molar-refractivity contribution < 1.29 is 19.1 Å². The second-order valence-corrected chi connectivity index (χ2v) is 12.1. The minimum atomic E-state index is -0.483. The molecule has 0 aromatic heterocycles. The molecule has 0 saturated heterocycles. The van der Waals surface area contributed by atoms with Crippen molar-refractivity contribution in [1.29, 1.82) is 0 Å². The number of rotatable bonds is 2. The van der Waals surface area contributed by atoms with E-state index in [2.05, 4.69) is 59.8 Å². The Bertz CT molecular complexity index is 1030. The van der Waals surface area contributed by atoms with Crippen LogP contribution in [0.3, 0.4) is 0 Å². The monoisotopic (exact) mass is 754 g/mol. The lowest BCUT2D eigenvalue weighted by atomic mass is 10.1. The maximum Gasteiger partial charge on any atom is 0.414 e. The molecule has 0 unspecified atom stereocenters. The van der Waals surface area contributed by atoms with Gasteiger partial charge in [0.05, 0.1) is 0 Å². The highest BCUT2D eigenvalue weighted by atomic mass is 127. The smallest absolute Gasteiger partial charge is 0.414 e. The van der Waals surface area contributed by atoms with Gasteiger partial charge in [-0.25, -0.2) is 9.59 Å². The number of alkyl halides is 1. The number of nitrogens with zero attached hydrogens (tertiary/aromatic N) is 1. The Kier molecular flexibility index (Phi) is 14.8. The number of anilines is 2. The lowest BCUT2D eigenvalue weighted by Crippen LogP contribution is -2.34. The van der Waals surface area contributed by atoms with Crippen LogP contribution in [0.4, 0.5) is 21.0 Å². The Morgan fingerprint density at radius 3 is 1.46 bits per heavy atom. The number of hydrogen-bond acceptors (Lipinski definition) is 4. The fourth-order valence-electron chi connectivity index (χ4n) is 2.99. The highest BCUT2D eigenvalue weighted by molar-refractivity contribution is 14.1. The van der Waals surface area contributed by atoms with Crippen molar-refractivity contribution >= 4 is 78.0 Å². The molecule has 2 aromatic rings. The zero-order valence-corrected chi connectivity index (χ0v) is 29.4. The molecule has 2 rings (SSSR count). The van der Waals surface area contributed by atoms with Gasteiger partial charge in [0.2, 0.25) is 0 Å². The molecule has 1 N–H and O–H groups in total. The molecule has 2 aromatic carbocycles. The summed E-state index contributed by atoms with van der Waals surface area (Å²) in [6, 6.07) is 7.73. The van der Waals surface area contributed by atoms with E-state index >= 15 is 0 Å². The fraction of sp³-hybridized carbons (Fsp3) is 0.500. The highest BCUT2D eigenvalue weighted by Crippen LogP contribution is 2.28. The van der Waals surface area contributed by atoms with E-state index in [9.17, 15) is 9.59 Å². The van der Waals surface area contributed by atoms with E-state index < -0.39 is 17.3 Å². The third-order valence-electron chi connectivity index (χ3n) is 4.56. The lowest BCUT2D eigenvalue weighted by Gasteiger charge is -2.25. The normalized spacial score (nSPS) is 10.8. The number of carbonyl (C=O) groups is 2. The van der Waals surface area contributed by atoms with Crippen molar-refractivity contribution in [2.75, 3.05) is 22.2 Å². The summed E-state index contributed by atoms with van der Waals surface area (Å²) in [7, 11) is 1.72. The van der Waals surface area contributed by atoms with Crippen LogP contribution in [0.15, 0.2) is 33.2 Å². The molecule has 0 saturated carbocycles. The van der Waals surface area contributed by atoms with E-state index in [0.717, 1.165) is 42.6 Å². The minimum Gasteiger partial charge on any atom is -0.444 e. The first-order valence-electron chi connectivity index (χ1n) is 11.7. The van der Waals surface area contributed by atoms with Crippen LogP contribution in [-0.2, 0) is 9.47 Å². The van der Waals surface area contributed by atoms with Gasteiger partial charge in [-0.2, -0.15) is 0 Å². The van der Waals surface area contributed by atoms with Gasteiger partial charge in [0.15, 0.2) is 0 Å². The molecule has 0 bridgehead atoms. The van der Waals surface area contributed by atoms with Crippen LogP contribution in [0.1, 0.15) is 63.8 Å². The molecule has 0 aliphatic rings. The molecule has 208 valence electrons. The molecule has 9 heteroatoms. The molecule has 0 heterocycles. The van der Waals surface area contributed by atoms with Crippen molar-refractivity contribution in [3.8, 4) is 0 Å². The summed E-state index contributed by atoms with van der Waals surface area (Å²) in [4.78, 5) is 27.0. The molecule has 0 atom stereocenters. The quantitative estimate of drug-likeness (QED) is 0.245. The number of aryl methyl sites for hydroxylation is 4. The second kappa shape index (κ2) is 15.3. The van der Waals surface area contributed by atoms with Crippen LogP contribution < -0.4 is 10.2 Å². The molecule has 0 aliphatic heterocycles. The summed E-state index contributed by atoms with van der Waals surface area (Å²) < 4.78 is 12.7. The van der Waals surface area contributed by atoms with E-state index in [0.29, 0.717) is 0 Å². The van der Waals surface area contributed by atoms with Crippen molar-refractivity contribution in [1.82, 2.24) is 0 Å². The Hall–Kier alpha value is -1.33. The van der Waals surface area contributed by atoms with Gasteiger partial charge in [-0.3, -0.25) is 10.2 Å². The van der Waals surface area contributed by atoms with E-state index in [4.69, 9.17) is 9.47 Å². The number of nitrogens with one attached hydrogen (secondary N) is 1. The molecular formula is C28H41Br2IN2O4. The fourth-order valence-corrected chi connectivity index (χ4v) is 3.45. The summed E-state index contributed by atoms with van der Waals surface area (Å²) in [6.07, 6.45) is -0.776. The van der Waals surface area contributed by atoms with E-state index in [1.807, 2.05) is 98.4 Å². The molecule has 2 amide bonds. The van der Waals surface area contributed by atoms with Gasteiger partial charge in [-0.05, 0) is 121 Å². The minimum absolute atomic E-state index is 0.344. The van der Waals surface area contributed by atoms with Gasteiger partial charge < -0.3 is 9.47 Å². The highest BCUT2D eigenvalue weighted by Gasteiger charge is 2.21. The lowest BCUT2D eigenvalue weighted by molar-refractivity contribution is 0.0587. The number of halogens is 3. The Morgan fingerprint density at radius 1 is 0.757 bits per heavy atom. The number of hydrogen-bond donors (Lipinski definition) is 1. The zero-order valence-electron chi connectivity index (χ0n) is 24.0. The molecule has 0 fully saturated rings. The van der Waals surface area contributed by atoms with Gasteiger partial charge in [-0.15, -0.1) is 0 Å². The van der Waals surface area contributed by atoms with Gasteiger partial charge in [0.1, 0.15) is 11.2 Å². The predicted molar refractivity (Wildman–Crippen MR) is 172 cm³/mol. The van der Waals surface area contributed by atoms with E-state index in [1.165, 1.54) is 4.90 Å². The van der Waals surface area contributed by atoms with Crippen molar-refractivity contribution in [3.05, 3.63) is 55.5 Å². The van der Waals surface area contributed by atoms with Crippen molar-refractivity contribution in [2.45, 2.75) is 80.4 Å². The largest absolute Gasteiger partial charge is 0.444 e. The molecule has 0 spiro atoms. The number of benzene rings is 2. The maximum absolute atomic E-state index is 12.0. The van der Waals surface area contributed by atoms with Crippen LogP contribution in [0.25, 0.3) is 0 Å². The van der Waals surface area contributed by atoms with Crippen molar-refractivity contribution in [3.63, 3.8) is 0 Å². The number of carbonyl (C=O) groups excluding carboxylic acids is 2. The molecule has 0 aliphatic carbocycles. The van der Waals surface area contributed by atoms with Gasteiger partial charge >= 0.3 is 12.2 Å². The maximum atomic E-state index is 12.0. The average molecular weight is 756 g/mol. The topological polar surface area (TPSA) is 67.9 Å². The third kappa shape index (κ3) is 13.3. The van der Waals surface area contributed by atoms with Crippen LogP contribution >= 0.6 is 54.5 Å². The Balaban J connectivity index is 0.000000657.